The van der Waals surface area contributed by atoms with E-state index in [-0.39, 0.29) is 50.6 Å². The Kier molecular flexibility index (Phi) is 18.5. The van der Waals surface area contributed by atoms with Gasteiger partial charge in [0.25, 0.3) is 0 Å². The number of hydrogen-bond donors (Lipinski definition) is 1. The maximum Gasteiger partial charge on any atom is 0.306 e. The Morgan fingerprint density at radius 3 is 1.66 bits per heavy atom. The Balaban J connectivity index is 2.50. The van der Waals surface area contributed by atoms with Crippen LogP contribution in [0.4, 0.5) is 0 Å². The number of esters is 3. The molecule has 0 aromatic carbocycles. The molecule has 9 nitrogen and oxygen atoms in total. The number of nitrogens with zero attached hydrogens (tertiary/aromatic N) is 1. The lowest BCUT2D eigenvalue weighted by Gasteiger charge is -2.19. The van der Waals surface area contributed by atoms with E-state index in [9.17, 15) is 24.3 Å². The summed E-state index contributed by atoms with van der Waals surface area (Å²) in [5.41, 5.74) is 0. The summed E-state index contributed by atoms with van der Waals surface area (Å²) in [5, 5.41) is 10.1. The number of unbranched alkanes of at least 4 members (excludes halogenated alkanes) is 10. The second-order valence-corrected chi connectivity index (χ2v) is 10.5. The lowest BCUT2D eigenvalue weighted by molar-refractivity contribution is -0.159. The van der Waals surface area contributed by atoms with E-state index in [1.54, 1.807) is 0 Å². The van der Waals surface area contributed by atoms with Crippen molar-refractivity contribution in [2.24, 2.45) is 5.92 Å². The molecule has 0 radical (unpaired) electrons. The predicted octanol–water partition coefficient (Wildman–Crippen LogP) is 4.72. The van der Waals surface area contributed by atoms with Gasteiger partial charge in [-0.05, 0) is 12.8 Å². The summed E-state index contributed by atoms with van der Waals surface area (Å²) in [6.07, 6.45) is 11.5. The summed E-state index contributed by atoms with van der Waals surface area (Å²) in [4.78, 5) is 50.0. The number of β-amino-alcohol motifs (C(OH)–C–C–N with tert-alkyl or cyclic N) is 1. The van der Waals surface area contributed by atoms with Gasteiger partial charge < -0.3 is 24.2 Å². The first kappa shape index (κ1) is 33.9. The van der Waals surface area contributed by atoms with Gasteiger partial charge in [0.2, 0.25) is 5.91 Å². The number of rotatable bonds is 21. The molecular weight excluding hydrogens is 490 g/mol. The molecule has 0 bridgehead atoms. The Labute approximate surface area is 228 Å². The molecule has 2 atom stereocenters. The highest BCUT2D eigenvalue weighted by molar-refractivity contribution is 5.74. The van der Waals surface area contributed by atoms with Gasteiger partial charge in [-0.25, -0.2) is 0 Å². The minimum Gasteiger partial charge on any atom is -0.465 e. The molecular formula is C29H51NO8. The van der Waals surface area contributed by atoms with E-state index in [0.29, 0.717) is 12.8 Å². The molecule has 1 aliphatic rings. The first-order valence-electron chi connectivity index (χ1n) is 14.7. The van der Waals surface area contributed by atoms with Crippen LogP contribution >= 0.6 is 0 Å². The fraction of sp³-hybridized carbons (Fsp3) is 0.862. The van der Waals surface area contributed by atoms with Crippen LogP contribution < -0.4 is 0 Å². The number of aliphatic hydroxyl groups excluding tert-OH is 1. The zero-order valence-corrected chi connectivity index (χ0v) is 23.9. The lowest BCUT2D eigenvalue weighted by atomic mass is 10.1. The van der Waals surface area contributed by atoms with Crippen LogP contribution in [-0.4, -0.2) is 72.3 Å². The van der Waals surface area contributed by atoms with Crippen LogP contribution in [0.1, 0.15) is 117 Å². The average Bonchev–Trinajstić information content (AvgIpc) is 3.25. The van der Waals surface area contributed by atoms with Crippen LogP contribution in [0.15, 0.2) is 0 Å². The standard InChI is InChI=1S/C29H51NO8/c1-4-6-8-10-12-14-16-27(33)36-21-24(22-37-28(34)17-15-13-11-9-7-5-2)18-29(35)38-26-20-30(23(3)31)19-25(26)32/h24-26,32H,4-22H2,1-3H3. The van der Waals surface area contributed by atoms with Crippen molar-refractivity contribution in [3.8, 4) is 0 Å². The second-order valence-electron chi connectivity index (χ2n) is 10.5. The Hall–Kier alpha value is -2.16. The second kappa shape index (κ2) is 20.8. The number of likely N-dealkylation sites (tertiary alicyclic amines) is 1. The van der Waals surface area contributed by atoms with Gasteiger partial charge in [-0.1, -0.05) is 78.1 Å². The van der Waals surface area contributed by atoms with Crippen molar-refractivity contribution >= 4 is 23.8 Å². The van der Waals surface area contributed by atoms with Crippen molar-refractivity contribution in [3.63, 3.8) is 0 Å². The van der Waals surface area contributed by atoms with Crippen LogP contribution in [0.3, 0.4) is 0 Å². The number of carbonyl (C=O) groups excluding carboxylic acids is 4. The third-order valence-corrected chi connectivity index (χ3v) is 6.85. The molecule has 9 heteroatoms. The minimum atomic E-state index is -0.952. The van der Waals surface area contributed by atoms with Gasteiger partial charge in [-0.2, -0.15) is 0 Å². The van der Waals surface area contributed by atoms with E-state index in [1.165, 1.54) is 50.3 Å². The van der Waals surface area contributed by atoms with Crippen molar-refractivity contribution in [1.29, 1.82) is 0 Å². The first-order valence-corrected chi connectivity index (χ1v) is 14.7. The SMILES string of the molecule is CCCCCCCCC(=O)OCC(COC(=O)CCCCCCCC)CC(=O)OC1CN(C(C)=O)CC1O. The van der Waals surface area contributed by atoms with Crippen molar-refractivity contribution in [2.45, 2.75) is 129 Å². The third-order valence-electron chi connectivity index (χ3n) is 6.85. The van der Waals surface area contributed by atoms with Crippen molar-refractivity contribution in [2.75, 3.05) is 26.3 Å². The molecule has 220 valence electrons. The smallest absolute Gasteiger partial charge is 0.306 e. The van der Waals surface area contributed by atoms with Crippen LogP contribution in [0, 0.1) is 5.92 Å². The molecule has 1 amide bonds. The summed E-state index contributed by atoms with van der Waals surface area (Å²) < 4.78 is 16.2. The zero-order chi connectivity index (χ0) is 28.2. The van der Waals surface area contributed by atoms with Crippen LogP contribution in [0.2, 0.25) is 0 Å². The van der Waals surface area contributed by atoms with Gasteiger partial charge in [0.1, 0.15) is 12.2 Å². The molecule has 38 heavy (non-hydrogen) atoms. The van der Waals surface area contributed by atoms with Crippen LogP contribution in [0.5, 0.6) is 0 Å². The molecule has 0 spiro atoms. The number of hydrogen-bond acceptors (Lipinski definition) is 8. The molecule has 0 aliphatic carbocycles. The quantitative estimate of drug-likeness (QED) is 0.126. The number of ether oxygens (including phenoxy) is 3. The summed E-state index contributed by atoms with van der Waals surface area (Å²) in [6.45, 7) is 5.85. The Bertz CT molecular complexity index is 666. The van der Waals surface area contributed by atoms with E-state index in [1.807, 2.05) is 0 Å². The summed E-state index contributed by atoms with van der Waals surface area (Å²) in [6, 6.07) is 0. The molecule has 1 heterocycles. The minimum absolute atomic E-state index is 0.0547. The van der Waals surface area contributed by atoms with E-state index in [4.69, 9.17) is 14.2 Å². The van der Waals surface area contributed by atoms with E-state index >= 15 is 0 Å². The molecule has 0 aromatic heterocycles. The highest BCUT2D eigenvalue weighted by Gasteiger charge is 2.36. The largest absolute Gasteiger partial charge is 0.465 e. The highest BCUT2D eigenvalue weighted by Crippen LogP contribution is 2.17. The molecule has 1 rings (SSSR count). The van der Waals surface area contributed by atoms with Crippen molar-refractivity contribution < 1.29 is 38.5 Å². The van der Waals surface area contributed by atoms with Gasteiger partial charge in [0.15, 0.2) is 0 Å². The Morgan fingerprint density at radius 1 is 0.737 bits per heavy atom. The lowest BCUT2D eigenvalue weighted by Crippen LogP contribution is -2.32. The average molecular weight is 542 g/mol. The fourth-order valence-electron chi connectivity index (χ4n) is 4.41. The molecule has 1 saturated heterocycles. The van der Waals surface area contributed by atoms with E-state index < -0.39 is 24.1 Å². The monoisotopic (exact) mass is 541 g/mol. The maximum atomic E-state index is 12.6. The fourth-order valence-corrected chi connectivity index (χ4v) is 4.41. The van der Waals surface area contributed by atoms with Crippen LogP contribution in [-0.2, 0) is 33.4 Å². The highest BCUT2D eigenvalue weighted by atomic mass is 16.6. The number of amides is 1. The molecule has 0 saturated carbocycles. The van der Waals surface area contributed by atoms with E-state index in [2.05, 4.69) is 13.8 Å². The van der Waals surface area contributed by atoms with Gasteiger partial charge in [0, 0.05) is 25.7 Å². The summed E-state index contributed by atoms with van der Waals surface area (Å²) in [5.74, 6) is -2.01. The van der Waals surface area contributed by atoms with E-state index in [0.717, 1.165) is 38.5 Å². The van der Waals surface area contributed by atoms with Crippen LogP contribution in [0.25, 0.3) is 0 Å². The van der Waals surface area contributed by atoms with Gasteiger partial charge in [-0.15, -0.1) is 0 Å². The van der Waals surface area contributed by atoms with Crippen molar-refractivity contribution in [1.82, 2.24) is 4.90 Å². The topological polar surface area (TPSA) is 119 Å². The van der Waals surface area contributed by atoms with Gasteiger partial charge in [0.05, 0.1) is 32.7 Å². The molecule has 1 aliphatic heterocycles. The predicted molar refractivity (Wildman–Crippen MR) is 144 cm³/mol. The molecule has 0 aromatic rings. The summed E-state index contributed by atoms with van der Waals surface area (Å²) in [7, 11) is 0. The summed E-state index contributed by atoms with van der Waals surface area (Å²) >= 11 is 0. The first-order chi connectivity index (χ1) is 18.3. The zero-order valence-electron chi connectivity index (χ0n) is 23.9. The Morgan fingerprint density at radius 2 is 1.21 bits per heavy atom. The number of carbonyl (C=O) groups is 4. The van der Waals surface area contributed by atoms with Crippen molar-refractivity contribution in [3.05, 3.63) is 0 Å². The molecule has 1 fully saturated rings. The molecule has 1 N–H and O–H groups in total. The van der Waals surface area contributed by atoms with Gasteiger partial charge in [-0.3, -0.25) is 19.2 Å². The molecule has 2 unspecified atom stereocenters. The normalized spacial score (nSPS) is 17.0. The number of aliphatic hydroxyl groups is 1. The maximum absolute atomic E-state index is 12.6. The van der Waals surface area contributed by atoms with Gasteiger partial charge >= 0.3 is 17.9 Å². The third kappa shape index (κ3) is 15.9.